The summed E-state index contributed by atoms with van der Waals surface area (Å²) >= 11 is 0. The molecule has 0 saturated carbocycles. The normalized spacial score (nSPS) is 10.4. The molecule has 0 aliphatic rings. The molecule has 0 spiro atoms. The lowest BCUT2D eigenvalue weighted by molar-refractivity contribution is -0.673. The molecule has 5 heteroatoms. The summed E-state index contributed by atoms with van der Waals surface area (Å²) in [4.78, 5) is 8.72. The highest BCUT2D eigenvalue weighted by Gasteiger charge is 2.14. The van der Waals surface area contributed by atoms with E-state index in [1.165, 1.54) is 4.68 Å². The van der Waals surface area contributed by atoms with Gasteiger partial charge in [-0.15, -0.1) is 4.68 Å². The molecule has 0 saturated heterocycles. The van der Waals surface area contributed by atoms with Gasteiger partial charge in [-0.05, 0) is 24.3 Å². The van der Waals surface area contributed by atoms with Gasteiger partial charge in [-0.2, -0.15) is 0 Å². The van der Waals surface area contributed by atoms with Crippen LogP contribution >= 0.6 is 0 Å². The number of pyridine rings is 2. The van der Waals surface area contributed by atoms with Gasteiger partial charge in [-0.1, -0.05) is 4.85 Å². The predicted octanol–water partition coefficient (Wildman–Crippen LogP) is 1.57. The zero-order valence-corrected chi connectivity index (χ0v) is 9.47. The van der Waals surface area contributed by atoms with Crippen molar-refractivity contribution in [1.82, 2.24) is 14.6 Å². The van der Waals surface area contributed by atoms with Crippen LogP contribution in [0.25, 0.3) is 16.9 Å². The third kappa shape index (κ3) is 1.71. The van der Waals surface area contributed by atoms with Crippen LogP contribution < -0.4 is 4.85 Å². The van der Waals surface area contributed by atoms with Crippen molar-refractivity contribution >= 4 is 0 Å². The van der Waals surface area contributed by atoms with E-state index in [2.05, 4.69) is 9.97 Å². The molecule has 0 aliphatic carbocycles. The molecular weight excluding hydrogens is 228 g/mol. The number of hydrogen-bond acceptors (Lipinski definition) is 3. The molecule has 3 rings (SSSR count). The van der Waals surface area contributed by atoms with Gasteiger partial charge in [0.15, 0.2) is 0 Å². The molecule has 3 heterocycles. The topological polar surface area (TPSA) is 57.6 Å². The number of hydrogen-bond donors (Lipinski definition) is 0. The Hall–Kier alpha value is -2.69. The first-order valence-corrected chi connectivity index (χ1v) is 5.48. The minimum absolute atomic E-state index is 0.592. The van der Waals surface area contributed by atoms with Gasteiger partial charge in [0, 0.05) is 30.9 Å². The van der Waals surface area contributed by atoms with Crippen molar-refractivity contribution < 1.29 is 4.85 Å². The minimum atomic E-state index is 0.592. The lowest BCUT2D eigenvalue weighted by Crippen LogP contribution is -2.37. The Morgan fingerprint density at radius 1 is 0.889 bits per heavy atom. The summed E-state index contributed by atoms with van der Waals surface area (Å²) in [6, 6.07) is 8.96. The second kappa shape index (κ2) is 4.29. The van der Waals surface area contributed by atoms with Gasteiger partial charge in [-0.3, -0.25) is 9.97 Å². The number of aromatic nitrogens is 4. The Morgan fingerprint density at radius 2 is 1.50 bits per heavy atom. The highest BCUT2D eigenvalue weighted by atomic mass is 16.5. The van der Waals surface area contributed by atoms with Crippen LogP contribution in [-0.2, 0) is 0 Å². The van der Waals surface area contributed by atoms with E-state index in [4.69, 9.17) is 0 Å². The standard InChI is InChI=1S/C13H10N4O/c18-17-13(11-1-6-14-7-2-11)5-10-16(17)12-3-8-15-9-4-12/h1-10H. The quantitative estimate of drug-likeness (QED) is 0.503. The van der Waals surface area contributed by atoms with E-state index in [0.29, 0.717) is 5.69 Å². The maximum atomic E-state index is 12.2. The smallest absolute Gasteiger partial charge is 0.251 e. The zero-order chi connectivity index (χ0) is 12.4. The molecule has 0 N–H and O–H groups in total. The van der Waals surface area contributed by atoms with E-state index in [-0.39, 0.29) is 0 Å². The van der Waals surface area contributed by atoms with Gasteiger partial charge in [0.05, 0.1) is 11.8 Å². The van der Waals surface area contributed by atoms with Gasteiger partial charge in [0.1, 0.15) is 5.69 Å². The fourth-order valence-electron chi connectivity index (χ4n) is 1.80. The SMILES string of the molecule is [O-][n+]1c(-c2ccncc2)ccn1-c1ccncc1. The molecule has 88 valence electrons. The molecule has 3 aromatic heterocycles. The largest absolute Gasteiger partial charge is 0.595 e. The van der Waals surface area contributed by atoms with Gasteiger partial charge in [-0.25, -0.2) is 0 Å². The zero-order valence-electron chi connectivity index (χ0n) is 9.47. The first kappa shape index (κ1) is 10.5. The highest BCUT2D eigenvalue weighted by molar-refractivity contribution is 5.54. The molecular formula is C13H10N4O. The van der Waals surface area contributed by atoms with Gasteiger partial charge in [0.2, 0.25) is 0 Å². The van der Waals surface area contributed by atoms with Crippen molar-refractivity contribution in [3.05, 3.63) is 66.5 Å². The van der Waals surface area contributed by atoms with Crippen LogP contribution in [0, 0.1) is 5.21 Å². The van der Waals surface area contributed by atoms with E-state index >= 15 is 0 Å². The molecule has 18 heavy (non-hydrogen) atoms. The Labute approximate surface area is 104 Å². The van der Waals surface area contributed by atoms with Crippen molar-refractivity contribution in [2.45, 2.75) is 0 Å². The fraction of sp³-hybridized carbons (Fsp3) is 0. The Morgan fingerprint density at radius 3 is 2.17 bits per heavy atom. The summed E-state index contributed by atoms with van der Waals surface area (Å²) in [6.07, 6.45) is 8.37. The van der Waals surface area contributed by atoms with Crippen molar-refractivity contribution in [3.63, 3.8) is 0 Å². The summed E-state index contributed by atoms with van der Waals surface area (Å²) in [6.45, 7) is 0. The summed E-state index contributed by atoms with van der Waals surface area (Å²) < 4.78 is 1.53. The lowest BCUT2D eigenvalue weighted by Gasteiger charge is -2.04. The molecule has 5 nitrogen and oxygen atoms in total. The first-order chi connectivity index (χ1) is 8.86. The summed E-state index contributed by atoms with van der Waals surface area (Å²) in [5.74, 6) is 0. The summed E-state index contributed by atoms with van der Waals surface area (Å²) in [7, 11) is 0. The van der Waals surface area contributed by atoms with Crippen molar-refractivity contribution in [1.29, 1.82) is 0 Å². The molecule has 0 radical (unpaired) electrons. The Balaban J connectivity index is 2.09. The summed E-state index contributed by atoms with van der Waals surface area (Å²) in [5.41, 5.74) is 2.21. The summed E-state index contributed by atoms with van der Waals surface area (Å²) in [5, 5.41) is 12.2. The molecule has 0 aliphatic heterocycles. The van der Waals surface area contributed by atoms with E-state index in [0.717, 1.165) is 16.1 Å². The number of nitrogens with zero attached hydrogens (tertiary/aromatic N) is 4. The second-order valence-electron chi connectivity index (χ2n) is 3.76. The van der Waals surface area contributed by atoms with Crippen LogP contribution in [0.5, 0.6) is 0 Å². The predicted molar refractivity (Wildman–Crippen MR) is 65.8 cm³/mol. The highest BCUT2D eigenvalue weighted by Crippen LogP contribution is 2.15. The average molecular weight is 238 g/mol. The van der Waals surface area contributed by atoms with E-state index in [1.54, 1.807) is 61.3 Å². The molecule has 0 amide bonds. The molecule has 0 atom stereocenters. The van der Waals surface area contributed by atoms with Gasteiger partial charge >= 0.3 is 0 Å². The van der Waals surface area contributed by atoms with Crippen molar-refractivity contribution in [3.8, 4) is 16.9 Å². The van der Waals surface area contributed by atoms with Crippen LogP contribution in [0.15, 0.2) is 61.3 Å². The maximum Gasteiger partial charge on any atom is 0.251 e. The average Bonchev–Trinajstić information content (AvgIpc) is 2.83. The molecule has 0 bridgehead atoms. The van der Waals surface area contributed by atoms with Crippen molar-refractivity contribution in [2.75, 3.05) is 0 Å². The minimum Gasteiger partial charge on any atom is -0.595 e. The van der Waals surface area contributed by atoms with E-state index in [1.807, 2.05) is 0 Å². The third-order valence-corrected chi connectivity index (χ3v) is 2.68. The number of rotatable bonds is 2. The molecule has 3 aromatic rings. The lowest BCUT2D eigenvalue weighted by atomic mass is 10.2. The van der Waals surface area contributed by atoms with Crippen LogP contribution in [0.3, 0.4) is 0 Å². The van der Waals surface area contributed by atoms with Gasteiger partial charge in [0.25, 0.3) is 5.69 Å². The molecule has 0 aromatic carbocycles. The van der Waals surface area contributed by atoms with Crippen LogP contribution in [0.2, 0.25) is 0 Å². The van der Waals surface area contributed by atoms with Crippen LogP contribution in [0.1, 0.15) is 0 Å². The Bertz CT molecular complexity index is 592. The van der Waals surface area contributed by atoms with Crippen molar-refractivity contribution in [2.24, 2.45) is 0 Å². The molecule has 0 fully saturated rings. The maximum absolute atomic E-state index is 12.2. The van der Waals surface area contributed by atoms with Gasteiger partial charge < -0.3 is 5.21 Å². The van der Waals surface area contributed by atoms with E-state index in [9.17, 15) is 5.21 Å². The fourth-order valence-corrected chi connectivity index (χ4v) is 1.80. The molecule has 0 unspecified atom stereocenters. The van der Waals surface area contributed by atoms with E-state index < -0.39 is 0 Å². The second-order valence-corrected chi connectivity index (χ2v) is 3.76. The van der Waals surface area contributed by atoms with Crippen LogP contribution in [0.4, 0.5) is 0 Å². The first-order valence-electron chi connectivity index (χ1n) is 5.48. The monoisotopic (exact) mass is 238 g/mol. The Kier molecular flexibility index (Phi) is 2.49. The van der Waals surface area contributed by atoms with Crippen LogP contribution in [-0.4, -0.2) is 14.6 Å². The third-order valence-electron chi connectivity index (χ3n) is 2.68.